The molecule has 0 amide bonds. The molecule has 0 aliphatic rings. The Morgan fingerprint density at radius 2 is 1.55 bits per heavy atom. The van der Waals surface area contributed by atoms with Gasteiger partial charge in [-0.25, -0.2) is 0 Å². The van der Waals surface area contributed by atoms with E-state index in [4.69, 9.17) is 5.73 Å². The topological polar surface area (TPSA) is 119 Å². The predicted molar refractivity (Wildman–Crippen MR) is 122 cm³/mol. The molecule has 31 heavy (non-hydrogen) atoms. The molecule has 0 radical (unpaired) electrons. The molecule has 3 aromatic carbocycles. The lowest BCUT2D eigenvalue weighted by Crippen LogP contribution is -2.25. The minimum atomic E-state index is -0.777. The van der Waals surface area contributed by atoms with Gasteiger partial charge in [0.2, 0.25) is 0 Å². The van der Waals surface area contributed by atoms with Crippen LogP contribution in [0.1, 0.15) is 40.9 Å². The normalized spacial score (nSPS) is 14.1. The molecule has 0 aliphatic heterocycles. The number of anilines is 1. The van der Waals surface area contributed by atoms with Crippen molar-refractivity contribution in [3.8, 4) is 5.75 Å². The first-order chi connectivity index (χ1) is 15.0. The van der Waals surface area contributed by atoms with Crippen molar-refractivity contribution in [2.24, 2.45) is 5.73 Å². The molecule has 3 atom stereocenters. The molecule has 3 rings (SSSR count). The molecule has 0 spiro atoms. The van der Waals surface area contributed by atoms with Crippen molar-refractivity contribution in [3.63, 3.8) is 0 Å². The number of nitrogens with two attached hydrogens (primary N) is 1. The highest BCUT2D eigenvalue weighted by Crippen LogP contribution is 2.25. The van der Waals surface area contributed by atoms with Gasteiger partial charge >= 0.3 is 0 Å². The van der Waals surface area contributed by atoms with Gasteiger partial charge in [0.25, 0.3) is 0 Å². The van der Waals surface area contributed by atoms with Crippen LogP contribution in [0.5, 0.6) is 5.75 Å². The quantitative estimate of drug-likeness (QED) is 0.299. The Balaban J connectivity index is 1.49. The summed E-state index contributed by atoms with van der Waals surface area (Å²) in [7, 11) is 0. The first-order valence-corrected chi connectivity index (χ1v) is 10.4. The Labute approximate surface area is 182 Å². The Morgan fingerprint density at radius 1 is 0.839 bits per heavy atom. The zero-order valence-electron chi connectivity index (χ0n) is 17.4. The molecule has 3 aromatic rings. The summed E-state index contributed by atoms with van der Waals surface area (Å²) >= 11 is 0. The second-order valence-corrected chi connectivity index (χ2v) is 7.77. The highest BCUT2D eigenvalue weighted by atomic mass is 16.3. The third kappa shape index (κ3) is 6.54. The monoisotopic (exact) mass is 422 g/mol. The van der Waals surface area contributed by atoms with Crippen LogP contribution in [0.15, 0.2) is 72.8 Å². The van der Waals surface area contributed by atoms with Gasteiger partial charge < -0.3 is 31.5 Å². The molecule has 6 nitrogen and oxygen atoms in total. The van der Waals surface area contributed by atoms with E-state index in [2.05, 4.69) is 5.32 Å². The van der Waals surface area contributed by atoms with Crippen molar-refractivity contribution in [3.05, 3.63) is 95.1 Å². The van der Waals surface area contributed by atoms with E-state index in [1.807, 2.05) is 54.6 Å². The fraction of sp³-hybridized carbons (Fsp3) is 0.280. The number of hydrogen-bond acceptors (Lipinski definition) is 6. The minimum absolute atomic E-state index is 0.00716. The lowest BCUT2D eigenvalue weighted by molar-refractivity contribution is 0.157. The summed E-state index contributed by atoms with van der Waals surface area (Å²) in [5.74, 6) is 0.00716. The number of nitrogens with one attached hydrogen (secondary N) is 1. The van der Waals surface area contributed by atoms with E-state index in [1.165, 1.54) is 6.07 Å². The number of aromatic hydroxyl groups is 1. The highest BCUT2D eigenvalue weighted by molar-refractivity contribution is 5.45. The van der Waals surface area contributed by atoms with E-state index < -0.39 is 12.2 Å². The van der Waals surface area contributed by atoms with Gasteiger partial charge in [-0.05, 0) is 53.8 Å². The van der Waals surface area contributed by atoms with Gasteiger partial charge in [-0.3, -0.25) is 0 Å². The van der Waals surface area contributed by atoms with Crippen LogP contribution in [0.3, 0.4) is 0 Å². The van der Waals surface area contributed by atoms with Gasteiger partial charge in [0.1, 0.15) is 5.75 Å². The van der Waals surface area contributed by atoms with Crippen molar-refractivity contribution >= 4 is 5.69 Å². The first kappa shape index (κ1) is 22.8. The number of rotatable bonds is 10. The van der Waals surface area contributed by atoms with E-state index in [1.54, 1.807) is 12.1 Å². The number of benzene rings is 3. The molecule has 0 fully saturated rings. The molecule has 0 aromatic heterocycles. The van der Waals surface area contributed by atoms with Gasteiger partial charge in [-0.1, -0.05) is 48.5 Å². The molecule has 7 N–H and O–H groups in total. The molecule has 164 valence electrons. The lowest BCUT2D eigenvalue weighted by Gasteiger charge is -2.18. The van der Waals surface area contributed by atoms with Crippen molar-refractivity contribution in [2.75, 3.05) is 11.9 Å². The maximum Gasteiger partial charge on any atom is 0.121 e. The zero-order chi connectivity index (χ0) is 22.2. The molecule has 0 bridgehead atoms. The summed E-state index contributed by atoms with van der Waals surface area (Å²) in [5.41, 5.74) is 10.1. The van der Waals surface area contributed by atoms with Gasteiger partial charge in [0, 0.05) is 23.8 Å². The Bertz CT molecular complexity index is 947. The van der Waals surface area contributed by atoms with Crippen LogP contribution in [0, 0.1) is 0 Å². The van der Waals surface area contributed by atoms with E-state index in [0.29, 0.717) is 30.5 Å². The van der Waals surface area contributed by atoms with Crippen LogP contribution in [0.4, 0.5) is 5.69 Å². The summed E-state index contributed by atoms with van der Waals surface area (Å²) in [6, 6.07) is 21.8. The second kappa shape index (κ2) is 10.9. The minimum Gasteiger partial charge on any atom is -0.508 e. The first-order valence-electron chi connectivity index (χ1n) is 10.4. The van der Waals surface area contributed by atoms with Crippen molar-refractivity contribution < 1.29 is 20.4 Å². The van der Waals surface area contributed by atoms with E-state index in [-0.39, 0.29) is 18.4 Å². The Hall–Kier alpha value is -2.90. The van der Waals surface area contributed by atoms with Gasteiger partial charge in [0.05, 0.1) is 18.8 Å². The third-order valence-corrected chi connectivity index (χ3v) is 5.32. The van der Waals surface area contributed by atoms with Crippen LogP contribution in [0.25, 0.3) is 0 Å². The fourth-order valence-corrected chi connectivity index (χ4v) is 3.51. The molecular formula is C25H30N2O4. The second-order valence-electron chi connectivity index (χ2n) is 7.77. The van der Waals surface area contributed by atoms with Crippen LogP contribution in [-0.4, -0.2) is 33.0 Å². The average molecular weight is 423 g/mol. The maximum absolute atomic E-state index is 10.5. The highest BCUT2D eigenvalue weighted by Gasteiger charge is 2.15. The Kier molecular flexibility index (Phi) is 8.03. The van der Waals surface area contributed by atoms with Crippen LogP contribution in [-0.2, 0) is 13.0 Å². The summed E-state index contributed by atoms with van der Waals surface area (Å²) in [4.78, 5) is 0. The summed E-state index contributed by atoms with van der Waals surface area (Å²) in [6.45, 7) is 0.124. The van der Waals surface area contributed by atoms with Crippen LogP contribution in [0.2, 0.25) is 0 Å². The smallest absolute Gasteiger partial charge is 0.121 e. The molecule has 0 saturated carbocycles. The summed E-state index contributed by atoms with van der Waals surface area (Å²) in [5, 5.41) is 42.9. The van der Waals surface area contributed by atoms with Crippen LogP contribution < -0.4 is 11.1 Å². The molecule has 0 saturated heterocycles. The number of aliphatic hydroxyl groups is 3. The lowest BCUT2D eigenvalue weighted by atomic mass is 9.96. The van der Waals surface area contributed by atoms with Crippen molar-refractivity contribution in [1.29, 1.82) is 0 Å². The standard InChI is InChI=1S/C25H30N2O4/c26-21(14-24(30)19-8-11-23(29)20(13-19)16-28)12-17-6-9-22(10-7-17)27-15-25(31)18-4-2-1-3-5-18/h1-11,13,21,24-25,27-31H,12,14-16,26H2. The van der Waals surface area contributed by atoms with Gasteiger partial charge in [0.15, 0.2) is 0 Å². The van der Waals surface area contributed by atoms with E-state index >= 15 is 0 Å². The van der Waals surface area contributed by atoms with Crippen molar-refractivity contribution in [1.82, 2.24) is 0 Å². The maximum atomic E-state index is 10.5. The molecular weight excluding hydrogens is 392 g/mol. The predicted octanol–water partition coefficient (Wildman–Crippen LogP) is 3.02. The summed E-state index contributed by atoms with van der Waals surface area (Å²) in [6.07, 6.45) is -0.392. The van der Waals surface area contributed by atoms with Gasteiger partial charge in [-0.2, -0.15) is 0 Å². The summed E-state index contributed by atoms with van der Waals surface area (Å²) < 4.78 is 0. The molecule has 3 unspecified atom stereocenters. The van der Waals surface area contributed by atoms with Crippen LogP contribution >= 0.6 is 0 Å². The molecule has 0 heterocycles. The molecule has 6 heteroatoms. The SMILES string of the molecule is NC(Cc1ccc(NCC(O)c2ccccc2)cc1)CC(O)c1ccc(O)c(CO)c1. The van der Waals surface area contributed by atoms with E-state index in [0.717, 1.165) is 16.8 Å². The average Bonchev–Trinajstić information content (AvgIpc) is 2.79. The van der Waals surface area contributed by atoms with Gasteiger partial charge in [-0.15, -0.1) is 0 Å². The van der Waals surface area contributed by atoms with E-state index in [9.17, 15) is 20.4 Å². The largest absolute Gasteiger partial charge is 0.508 e. The fourth-order valence-electron chi connectivity index (χ4n) is 3.51. The number of phenols is 1. The zero-order valence-corrected chi connectivity index (χ0v) is 17.4. The third-order valence-electron chi connectivity index (χ3n) is 5.32. The Morgan fingerprint density at radius 3 is 2.23 bits per heavy atom. The van der Waals surface area contributed by atoms with Crippen molar-refractivity contribution in [2.45, 2.75) is 37.7 Å². The number of aliphatic hydroxyl groups excluding tert-OH is 3. The molecule has 0 aliphatic carbocycles. The number of hydrogen-bond donors (Lipinski definition) is 6.